The van der Waals surface area contributed by atoms with Gasteiger partial charge in [-0.25, -0.2) is 9.97 Å². The molecule has 0 aromatic carbocycles. The van der Waals surface area contributed by atoms with Crippen LogP contribution in [0.2, 0.25) is 0 Å². The molecule has 5 heteroatoms. The SMILES string of the molecule is CC(O)C1(Nc2ccc3nccnc3n2)CC1. The van der Waals surface area contributed by atoms with E-state index < -0.39 is 0 Å². The molecule has 2 aromatic heterocycles. The Labute approximate surface area is 98.9 Å². The van der Waals surface area contributed by atoms with E-state index in [-0.39, 0.29) is 11.6 Å². The van der Waals surface area contributed by atoms with Gasteiger partial charge in [0.2, 0.25) is 0 Å². The van der Waals surface area contributed by atoms with Crippen LogP contribution >= 0.6 is 0 Å². The van der Waals surface area contributed by atoms with Gasteiger partial charge in [-0.15, -0.1) is 0 Å². The van der Waals surface area contributed by atoms with Crippen molar-refractivity contribution >= 4 is 17.0 Å². The van der Waals surface area contributed by atoms with Crippen molar-refractivity contribution in [2.45, 2.75) is 31.4 Å². The average Bonchev–Trinajstić information content (AvgIpc) is 3.10. The highest BCUT2D eigenvalue weighted by Crippen LogP contribution is 2.41. The van der Waals surface area contributed by atoms with Gasteiger partial charge in [-0.1, -0.05) is 0 Å². The lowest BCUT2D eigenvalue weighted by Crippen LogP contribution is -2.33. The Hall–Kier alpha value is -1.75. The average molecular weight is 230 g/mol. The van der Waals surface area contributed by atoms with E-state index in [1.807, 2.05) is 12.1 Å². The molecule has 5 nitrogen and oxygen atoms in total. The lowest BCUT2D eigenvalue weighted by Gasteiger charge is -2.20. The van der Waals surface area contributed by atoms with Gasteiger partial charge in [0, 0.05) is 12.4 Å². The highest BCUT2D eigenvalue weighted by atomic mass is 16.3. The first-order valence-corrected chi connectivity index (χ1v) is 5.74. The topological polar surface area (TPSA) is 70.9 Å². The minimum Gasteiger partial charge on any atom is -0.391 e. The molecule has 2 heterocycles. The Morgan fingerprint density at radius 1 is 1.29 bits per heavy atom. The second-order valence-electron chi connectivity index (χ2n) is 4.55. The lowest BCUT2D eigenvalue weighted by atomic mass is 10.1. The van der Waals surface area contributed by atoms with E-state index in [0.29, 0.717) is 5.65 Å². The molecule has 1 atom stereocenters. The largest absolute Gasteiger partial charge is 0.391 e. The van der Waals surface area contributed by atoms with Gasteiger partial charge in [-0.05, 0) is 31.9 Å². The van der Waals surface area contributed by atoms with Gasteiger partial charge in [-0.2, -0.15) is 0 Å². The molecule has 1 saturated carbocycles. The molecular weight excluding hydrogens is 216 g/mol. The molecule has 1 fully saturated rings. The molecule has 1 aliphatic carbocycles. The summed E-state index contributed by atoms with van der Waals surface area (Å²) in [6.07, 6.45) is 4.85. The monoisotopic (exact) mass is 230 g/mol. The maximum Gasteiger partial charge on any atom is 0.180 e. The molecule has 88 valence electrons. The number of rotatable bonds is 3. The van der Waals surface area contributed by atoms with Crippen molar-refractivity contribution < 1.29 is 5.11 Å². The first-order valence-electron chi connectivity index (χ1n) is 5.74. The minimum absolute atomic E-state index is 0.192. The van der Waals surface area contributed by atoms with Crippen molar-refractivity contribution in [3.8, 4) is 0 Å². The van der Waals surface area contributed by atoms with Crippen molar-refractivity contribution in [3.63, 3.8) is 0 Å². The number of fused-ring (bicyclic) bond motifs is 1. The number of nitrogens with one attached hydrogen (secondary N) is 1. The van der Waals surface area contributed by atoms with Crippen molar-refractivity contribution in [2.75, 3.05) is 5.32 Å². The van der Waals surface area contributed by atoms with Crippen LogP contribution in [0.15, 0.2) is 24.5 Å². The van der Waals surface area contributed by atoms with Gasteiger partial charge >= 0.3 is 0 Å². The van der Waals surface area contributed by atoms with Gasteiger partial charge in [0.05, 0.1) is 11.6 Å². The smallest absolute Gasteiger partial charge is 0.180 e. The molecule has 2 N–H and O–H groups in total. The molecule has 2 aromatic rings. The van der Waals surface area contributed by atoms with Gasteiger partial charge in [0.1, 0.15) is 11.3 Å². The highest BCUT2D eigenvalue weighted by Gasteiger charge is 2.47. The predicted molar refractivity (Wildman–Crippen MR) is 64.6 cm³/mol. The van der Waals surface area contributed by atoms with Crippen molar-refractivity contribution in [1.82, 2.24) is 15.0 Å². The molecule has 1 aliphatic rings. The Balaban J connectivity index is 1.91. The van der Waals surface area contributed by atoms with Crippen molar-refractivity contribution in [2.24, 2.45) is 0 Å². The van der Waals surface area contributed by atoms with Crippen molar-refractivity contribution in [1.29, 1.82) is 0 Å². The van der Waals surface area contributed by atoms with Crippen LogP contribution in [0, 0.1) is 0 Å². The van der Waals surface area contributed by atoms with Crippen LogP contribution in [0.25, 0.3) is 11.2 Å². The maximum atomic E-state index is 9.70. The number of hydrogen-bond donors (Lipinski definition) is 2. The fourth-order valence-corrected chi connectivity index (χ4v) is 1.96. The molecule has 0 saturated heterocycles. The summed E-state index contributed by atoms with van der Waals surface area (Å²) in [5.41, 5.74) is 1.21. The quantitative estimate of drug-likeness (QED) is 0.832. The number of hydrogen-bond acceptors (Lipinski definition) is 5. The number of anilines is 1. The normalized spacial score (nSPS) is 18.9. The summed E-state index contributed by atoms with van der Waals surface area (Å²) in [6, 6.07) is 3.76. The van der Waals surface area contributed by atoms with Crippen LogP contribution < -0.4 is 5.32 Å². The van der Waals surface area contributed by atoms with Crippen LogP contribution in [-0.2, 0) is 0 Å². The van der Waals surface area contributed by atoms with E-state index in [2.05, 4.69) is 20.3 Å². The fraction of sp³-hybridized carbons (Fsp3) is 0.417. The van der Waals surface area contributed by atoms with Crippen LogP contribution in [0.3, 0.4) is 0 Å². The number of aliphatic hydroxyl groups excluding tert-OH is 1. The molecule has 17 heavy (non-hydrogen) atoms. The number of pyridine rings is 1. The van der Waals surface area contributed by atoms with Crippen LogP contribution in [0.4, 0.5) is 5.82 Å². The van der Waals surface area contributed by atoms with Crippen LogP contribution in [0.1, 0.15) is 19.8 Å². The third-order valence-electron chi connectivity index (χ3n) is 3.30. The van der Waals surface area contributed by atoms with Crippen molar-refractivity contribution in [3.05, 3.63) is 24.5 Å². The van der Waals surface area contributed by atoms with E-state index >= 15 is 0 Å². The third-order valence-corrected chi connectivity index (χ3v) is 3.30. The first kappa shape index (κ1) is 10.4. The Morgan fingerprint density at radius 3 is 2.76 bits per heavy atom. The molecular formula is C12H14N4O. The van der Waals surface area contributed by atoms with Gasteiger partial charge in [-0.3, -0.25) is 4.98 Å². The summed E-state index contributed by atoms with van der Waals surface area (Å²) in [5.74, 6) is 0.747. The van der Waals surface area contributed by atoms with E-state index in [1.165, 1.54) is 0 Å². The van der Waals surface area contributed by atoms with Crippen LogP contribution in [0.5, 0.6) is 0 Å². The summed E-state index contributed by atoms with van der Waals surface area (Å²) >= 11 is 0. The third kappa shape index (κ3) is 1.82. The number of nitrogens with zero attached hydrogens (tertiary/aromatic N) is 3. The molecule has 3 rings (SSSR count). The Kier molecular flexibility index (Phi) is 2.22. The summed E-state index contributed by atoms with van der Waals surface area (Å²) in [7, 11) is 0. The van der Waals surface area contributed by atoms with E-state index in [1.54, 1.807) is 19.3 Å². The second-order valence-corrected chi connectivity index (χ2v) is 4.55. The van der Waals surface area contributed by atoms with E-state index in [4.69, 9.17) is 0 Å². The summed E-state index contributed by atoms with van der Waals surface area (Å²) in [5, 5.41) is 13.0. The van der Waals surface area contributed by atoms with Gasteiger partial charge in [0.25, 0.3) is 0 Å². The Morgan fingerprint density at radius 2 is 2.06 bits per heavy atom. The fourth-order valence-electron chi connectivity index (χ4n) is 1.96. The van der Waals surface area contributed by atoms with E-state index in [0.717, 1.165) is 24.2 Å². The molecule has 0 spiro atoms. The molecule has 1 unspecified atom stereocenters. The summed E-state index contributed by atoms with van der Waals surface area (Å²) in [6.45, 7) is 1.81. The second kappa shape index (κ2) is 3.63. The zero-order chi connectivity index (χ0) is 11.9. The van der Waals surface area contributed by atoms with Gasteiger partial charge in [0.15, 0.2) is 5.65 Å². The first-order chi connectivity index (χ1) is 8.20. The lowest BCUT2D eigenvalue weighted by molar-refractivity contribution is 0.162. The zero-order valence-electron chi connectivity index (χ0n) is 9.59. The molecule has 0 amide bonds. The van der Waals surface area contributed by atoms with E-state index in [9.17, 15) is 5.11 Å². The number of aromatic nitrogens is 3. The standard InChI is InChI=1S/C12H14N4O/c1-8(17)12(4-5-12)16-10-3-2-9-11(15-10)14-7-6-13-9/h2-3,6-8,17H,4-5H2,1H3,(H,14,15,16). The molecule has 0 radical (unpaired) electrons. The molecule has 0 aliphatic heterocycles. The zero-order valence-corrected chi connectivity index (χ0v) is 9.59. The Bertz CT molecular complexity index is 551. The predicted octanol–water partition coefficient (Wildman–Crippen LogP) is 1.35. The van der Waals surface area contributed by atoms with Gasteiger partial charge < -0.3 is 10.4 Å². The summed E-state index contributed by atoms with van der Waals surface area (Å²) < 4.78 is 0. The minimum atomic E-state index is -0.373. The highest BCUT2D eigenvalue weighted by molar-refractivity contribution is 5.71. The summed E-state index contributed by atoms with van der Waals surface area (Å²) in [4.78, 5) is 12.7. The number of aliphatic hydroxyl groups is 1. The van der Waals surface area contributed by atoms with Crippen LogP contribution in [-0.4, -0.2) is 31.7 Å². The molecule has 0 bridgehead atoms. The maximum absolute atomic E-state index is 9.70.